The summed E-state index contributed by atoms with van der Waals surface area (Å²) in [5.74, 6) is 0.882. The van der Waals surface area contributed by atoms with E-state index >= 15 is 0 Å². The lowest BCUT2D eigenvalue weighted by Gasteiger charge is -2.25. The predicted octanol–water partition coefficient (Wildman–Crippen LogP) is 3.96. The molecule has 1 N–H and O–H groups in total. The Balaban J connectivity index is 1.35. The van der Waals surface area contributed by atoms with Crippen molar-refractivity contribution in [3.8, 4) is 11.5 Å². The van der Waals surface area contributed by atoms with Crippen molar-refractivity contribution in [2.24, 2.45) is 0 Å². The molecule has 0 saturated heterocycles. The average molecular weight is 417 g/mol. The highest BCUT2D eigenvalue weighted by atomic mass is 16.5. The number of fused-ring (bicyclic) bond motifs is 1. The van der Waals surface area contributed by atoms with E-state index in [2.05, 4.69) is 5.32 Å². The van der Waals surface area contributed by atoms with Crippen LogP contribution in [0.4, 0.5) is 0 Å². The van der Waals surface area contributed by atoms with Gasteiger partial charge in [0.15, 0.2) is 0 Å². The molecule has 1 atom stereocenters. The van der Waals surface area contributed by atoms with E-state index in [1.165, 1.54) is 0 Å². The van der Waals surface area contributed by atoms with Crippen LogP contribution in [-0.4, -0.2) is 32.1 Å². The van der Waals surface area contributed by atoms with Gasteiger partial charge in [-0.3, -0.25) is 4.79 Å². The number of benzene rings is 3. The molecule has 0 saturated carbocycles. The lowest BCUT2D eigenvalue weighted by Crippen LogP contribution is -2.29. The lowest BCUT2D eigenvalue weighted by atomic mass is 9.93. The van der Waals surface area contributed by atoms with Crippen LogP contribution in [0.2, 0.25) is 0 Å². The molecule has 6 nitrogen and oxygen atoms in total. The van der Waals surface area contributed by atoms with E-state index in [9.17, 15) is 9.59 Å². The van der Waals surface area contributed by atoms with Crippen LogP contribution in [0.15, 0.2) is 72.8 Å². The molecule has 1 amide bonds. The number of hydrogen-bond donors (Lipinski definition) is 1. The molecule has 0 aromatic heterocycles. The van der Waals surface area contributed by atoms with Crippen LogP contribution in [0, 0.1) is 0 Å². The van der Waals surface area contributed by atoms with Gasteiger partial charge in [-0.25, -0.2) is 4.79 Å². The van der Waals surface area contributed by atoms with Crippen molar-refractivity contribution in [2.45, 2.75) is 12.5 Å². The van der Waals surface area contributed by atoms with E-state index in [0.717, 1.165) is 16.9 Å². The fourth-order valence-electron chi connectivity index (χ4n) is 3.50. The Labute approximate surface area is 180 Å². The van der Waals surface area contributed by atoms with Crippen LogP contribution < -0.4 is 14.8 Å². The molecule has 31 heavy (non-hydrogen) atoms. The SMILES string of the molecule is COc1ccc(OCCNC(=O)c2ccc3c(c2)CC(c2ccccc2)OC3=O)cc1. The molecule has 0 aliphatic carbocycles. The van der Waals surface area contributed by atoms with Crippen molar-refractivity contribution in [3.05, 3.63) is 95.1 Å². The molecule has 6 heteroatoms. The number of esters is 1. The molecule has 0 bridgehead atoms. The maximum atomic E-state index is 12.6. The Morgan fingerprint density at radius 2 is 1.77 bits per heavy atom. The zero-order valence-corrected chi connectivity index (χ0v) is 17.2. The molecule has 1 heterocycles. The van der Waals surface area contributed by atoms with Gasteiger partial charge >= 0.3 is 5.97 Å². The summed E-state index contributed by atoms with van der Waals surface area (Å²) in [6, 6.07) is 21.9. The number of methoxy groups -OCH3 is 1. The first kappa shape index (κ1) is 20.5. The molecular weight excluding hydrogens is 394 g/mol. The summed E-state index contributed by atoms with van der Waals surface area (Å²) in [5, 5.41) is 2.85. The molecule has 3 aromatic rings. The Bertz CT molecular complexity index is 1060. The molecular formula is C25H23NO5. The summed E-state index contributed by atoms with van der Waals surface area (Å²) in [5.41, 5.74) is 2.76. The van der Waals surface area contributed by atoms with Gasteiger partial charge in [-0.2, -0.15) is 0 Å². The van der Waals surface area contributed by atoms with E-state index in [1.807, 2.05) is 54.6 Å². The molecule has 158 valence electrons. The third kappa shape index (κ3) is 4.86. The largest absolute Gasteiger partial charge is 0.497 e. The zero-order chi connectivity index (χ0) is 21.6. The Hall–Kier alpha value is -3.80. The molecule has 0 spiro atoms. The standard InChI is InChI=1S/C25H23NO5/c1-29-20-8-10-21(11-9-20)30-14-13-26-24(27)18-7-12-22-19(15-18)16-23(31-25(22)28)17-5-3-2-4-6-17/h2-12,15,23H,13-14,16H2,1H3,(H,26,27). The normalized spacial score (nSPS) is 14.9. The average Bonchev–Trinajstić information content (AvgIpc) is 2.82. The van der Waals surface area contributed by atoms with Gasteiger partial charge in [0.2, 0.25) is 0 Å². The van der Waals surface area contributed by atoms with Gasteiger partial charge in [0.05, 0.1) is 19.2 Å². The molecule has 1 aliphatic rings. The van der Waals surface area contributed by atoms with Gasteiger partial charge in [0.25, 0.3) is 5.91 Å². The number of amides is 1. The highest BCUT2D eigenvalue weighted by molar-refractivity contribution is 5.97. The minimum atomic E-state index is -0.366. The van der Waals surface area contributed by atoms with Crippen molar-refractivity contribution in [2.75, 3.05) is 20.3 Å². The maximum Gasteiger partial charge on any atom is 0.339 e. The second kappa shape index (κ2) is 9.34. The Morgan fingerprint density at radius 1 is 1.03 bits per heavy atom. The van der Waals surface area contributed by atoms with Crippen molar-refractivity contribution in [1.29, 1.82) is 0 Å². The molecule has 1 aliphatic heterocycles. The fourth-order valence-corrected chi connectivity index (χ4v) is 3.50. The number of rotatable bonds is 7. The number of carbonyl (C=O) groups is 2. The Kier molecular flexibility index (Phi) is 6.17. The Morgan fingerprint density at radius 3 is 2.52 bits per heavy atom. The predicted molar refractivity (Wildman–Crippen MR) is 116 cm³/mol. The van der Waals surface area contributed by atoms with E-state index in [-0.39, 0.29) is 18.0 Å². The summed E-state index contributed by atoms with van der Waals surface area (Å²) in [7, 11) is 1.61. The highest BCUT2D eigenvalue weighted by Crippen LogP contribution is 2.31. The highest BCUT2D eigenvalue weighted by Gasteiger charge is 2.28. The third-order valence-corrected chi connectivity index (χ3v) is 5.13. The molecule has 4 rings (SSSR count). The van der Waals surface area contributed by atoms with Crippen molar-refractivity contribution in [3.63, 3.8) is 0 Å². The van der Waals surface area contributed by atoms with Crippen LogP contribution in [0.5, 0.6) is 11.5 Å². The quantitative estimate of drug-likeness (QED) is 0.465. The molecule has 3 aromatic carbocycles. The van der Waals surface area contributed by atoms with Gasteiger partial charge in [-0.1, -0.05) is 30.3 Å². The number of hydrogen-bond acceptors (Lipinski definition) is 5. The summed E-state index contributed by atoms with van der Waals surface area (Å²) in [4.78, 5) is 24.9. The number of cyclic esters (lactones) is 1. The van der Waals surface area contributed by atoms with Crippen LogP contribution in [0.1, 0.15) is 37.9 Å². The first-order chi connectivity index (χ1) is 15.1. The van der Waals surface area contributed by atoms with Crippen molar-refractivity contribution >= 4 is 11.9 Å². The smallest absolute Gasteiger partial charge is 0.339 e. The van der Waals surface area contributed by atoms with Crippen LogP contribution in [0.3, 0.4) is 0 Å². The van der Waals surface area contributed by atoms with Crippen molar-refractivity contribution < 1.29 is 23.8 Å². The van der Waals surface area contributed by atoms with Gasteiger partial charge < -0.3 is 19.5 Å². The van der Waals surface area contributed by atoms with E-state index in [4.69, 9.17) is 14.2 Å². The van der Waals surface area contributed by atoms with Crippen molar-refractivity contribution in [1.82, 2.24) is 5.32 Å². The number of carbonyl (C=O) groups excluding carboxylic acids is 2. The molecule has 1 unspecified atom stereocenters. The van der Waals surface area contributed by atoms with E-state index in [0.29, 0.717) is 36.4 Å². The minimum absolute atomic E-state index is 0.212. The topological polar surface area (TPSA) is 73.9 Å². The van der Waals surface area contributed by atoms with Crippen LogP contribution >= 0.6 is 0 Å². The zero-order valence-electron chi connectivity index (χ0n) is 17.2. The molecule has 0 fully saturated rings. The monoisotopic (exact) mass is 417 g/mol. The third-order valence-electron chi connectivity index (χ3n) is 5.13. The van der Waals surface area contributed by atoms with Crippen LogP contribution in [0.25, 0.3) is 0 Å². The maximum absolute atomic E-state index is 12.6. The summed E-state index contributed by atoms with van der Waals surface area (Å²) in [6.45, 7) is 0.696. The summed E-state index contributed by atoms with van der Waals surface area (Å²) >= 11 is 0. The van der Waals surface area contributed by atoms with Gasteiger partial charge in [-0.05, 0) is 53.6 Å². The van der Waals surface area contributed by atoms with Gasteiger partial charge in [0.1, 0.15) is 24.2 Å². The molecule has 0 radical (unpaired) electrons. The first-order valence-electron chi connectivity index (χ1n) is 10.1. The second-order valence-corrected chi connectivity index (χ2v) is 7.16. The fraction of sp³-hybridized carbons (Fsp3) is 0.200. The minimum Gasteiger partial charge on any atom is -0.497 e. The lowest BCUT2D eigenvalue weighted by molar-refractivity contribution is 0.0252. The van der Waals surface area contributed by atoms with E-state index in [1.54, 1.807) is 25.3 Å². The number of nitrogens with one attached hydrogen (secondary N) is 1. The summed E-state index contributed by atoms with van der Waals surface area (Å²) < 4.78 is 16.3. The first-order valence-corrected chi connectivity index (χ1v) is 10.1. The van der Waals surface area contributed by atoms with E-state index < -0.39 is 0 Å². The van der Waals surface area contributed by atoms with Gasteiger partial charge in [0, 0.05) is 12.0 Å². The van der Waals surface area contributed by atoms with Gasteiger partial charge in [-0.15, -0.1) is 0 Å². The summed E-state index contributed by atoms with van der Waals surface area (Å²) in [6.07, 6.45) is 0.185. The van der Waals surface area contributed by atoms with Crippen LogP contribution in [-0.2, 0) is 11.2 Å². The second-order valence-electron chi connectivity index (χ2n) is 7.16. The number of ether oxygens (including phenoxy) is 3.